The second kappa shape index (κ2) is 9.04. The Kier molecular flexibility index (Phi) is 7.06. The van der Waals surface area contributed by atoms with Gasteiger partial charge in [-0.3, -0.25) is 18.7 Å². The normalized spacial score (nSPS) is 14.2. The van der Waals surface area contributed by atoms with Crippen LogP contribution in [0, 0.1) is 0 Å². The number of hydrogen-bond acceptors (Lipinski definition) is 7. The van der Waals surface area contributed by atoms with Crippen LogP contribution in [0.15, 0.2) is 24.3 Å². The van der Waals surface area contributed by atoms with Crippen molar-refractivity contribution in [2.45, 2.75) is 6.42 Å². The Morgan fingerprint density at radius 1 is 0.880 bits per heavy atom. The number of carbonyl (C=O) groups excluding carboxylic acids is 2. The lowest BCUT2D eigenvalue weighted by molar-refractivity contribution is 0.0333. The lowest BCUT2D eigenvalue weighted by atomic mass is 10.1. The maximum absolute atomic E-state index is 12.1. The molecule has 0 radical (unpaired) electrons. The molecule has 1 aliphatic heterocycles. The van der Waals surface area contributed by atoms with Crippen LogP contribution in [0.5, 0.6) is 0 Å². The van der Waals surface area contributed by atoms with E-state index in [0.717, 1.165) is 6.26 Å². The number of fused-ring (bicyclic) bond motifs is 1. The van der Waals surface area contributed by atoms with E-state index in [1.165, 1.54) is 4.90 Å². The molecular weight excluding hydrogens is 350 g/mol. The highest BCUT2D eigenvalue weighted by atomic mass is 32.2. The first-order valence-electron chi connectivity index (χ1n) is 7.85. The molecule has 0 bridgehead atoms. The van der Waals surface area contributed by atoms with Gasteiger partial charge in [0.25, 0.3) is 21.9 Å². The van der Waals surface area contributed by atoms with Gasteiger partial charge >= 0.3 is 0 Å². The van der Waals surface area contributed by atoms with E-state index in [9.17, 15) is 18.0 Å². The third kappa shape index (κ3) is 5.89. The van der Waals surface area contributed by atoms with Crippen LogP contribution in [-0.2, 0) is 23.8 Å². The SMILES string of the molecule is CS(=O)(=O)OCCCOCCOCCN1C(=O)c2ccccc2C1=O. The molecule has 0 unspecified atom stereocenters. The summed E-state index contributed by atoms with van der Waals surface area (Å²) in [5, 5.41) is 0. The van der Waals surface area contributed by atoms with Gasteiger partial charge in [-0.25, -0.2) is 0 Å². The number of amides is 2. The largest absolute Gasteiger partial charge is 0.379 e. The molecule has 0 saturated heterocycles. The molecule has 0 aliphatic carbocycles. The first-order chi connectivity index (χ1) is 11.9. The second-order valence-corrected chi connectivity index (χ2v) is 7.06. The molecule has 0 N–H and O–H groups in total. The summed E-state index contributed by atoms with van der Waals surface area (Å²) in [6, 6.07) is 6.72. The molecule has 2 rings (SSSR count). The van der Waals surface area contributed by atoms with Crippen LogP contribution in [0.3, 0.4) is 0 Å². The van der Waals surface area contributed by atoms with Crippen LogP contribution in [-0.4, -0.2) is 71.0 Å². The average molecular weight is 371 g/mol. The Hall–Kier alpha value is -1.81. The summed E-state index contributed by atoms with van der Waals surface area (Å²) in [7, 11) is -3.41. The van der Waals surface area contributed by atoms with Gasteiger partial charge in [0, 0.05) is 6.61 Å². The topological polar surface area (TPSA) is 99.2 Å². The van der Waals surface area contributed by atoms with Crippen molar-refractivity contribution in [3.05, 3.63) is 35.4 Å². The van der Waals surface area contributed by atoms with Crippen LogP contribution >= 0.6 is 0 Å². The minimum Gasteiger partial charge on any atom is -0.379 e. The zero-order valence-corrected chi connectivity index (χ0v) is 14.8. The summed E-state index contributed by atoms with van der Waals surface area (Å²) in [4.78, 5) is 25.4. The summed E-state index contributed by atoms with van der Waals surface area (Å²) in [6.07, 6.45) is 1.46. The van der Waals surface area contributed by atoms with E-state index in [0.29, 0.717) is 37.4 Å². The molecular formula is C16H21NO7S. The molecule has 8 nitrogen and oxygen atoms in total. The number of hydrogen-bond donors (Lipinski definition) is 0. The highest BCUT2D eigenvalue weighted by Crippen LogP contribution is 2.21. The van der Waals surface area contributed by atoms with Crippen LogP contribution in [0.25, 0.3) is 0 Å². The molecule has 0 saturated carbocycles. The fourth-order valence-corrected chi connectivity index (χ4v) is 2.71. The molecule has 25 heavy (non-hydrogen) atoms. The van der Waals surface area contributed by atoms with E-state index in [-0.39, 0.29) is 31.6 Å². The van der Waals surface area contributed by atoms with Crippen molar-refractivity contribution in [3.8, 4) is 0 Å². The Balaban J connectivity index is 1.54. The molecule has 2 amide bonds. The summed E-state index contributed by atoms with van der Waals surface area (Å²) >= 11 is 0. The van der Waals surface area contributed by atoms with Gasteiger partial charge in [-0.15, -0.1) is 0 Å². The van der Waals surface area contributed by atoms with E-state index >= 15 is 0 Å². The number of ether oxygens (including phenoxy) is 2. The number of imide groups is 1. The van der Waals surface area contributed by atoms with Gasteiger partial charge in [0.15, 0.2) is 0 Å². The van der Waals surface area contributed by atoms with Gasteiger partial charge < -0.3 is 9.47 Å². The van der Waals surface area contributed by atoms with Crippen molar-refractivity contribution in [3.63, 3.8) is 0 Å². The first-order valence-corrected chi connectivity index (χ1v) is 9.67. The average Bonchev–Trinajstić information content (AvgIpc) is 2.80. The fourth-order valence-electron chi connectivity index (χ4n) is 2.29. The minimum atomic E-state index is -3.41. The molecule has 1 aromatic rings. The van der Waals surface area contributed by atoms with Gasteiger partial charge in [0.05, 0.1) is 50.4 Å². The second-order valence-electron chi connectivity index (χ2n) is 5.41. The van der Waals surface area contributed by atoms with E-state index in [1.54, 1.807) is 24.3 Å². The zero-order valence-electron chi connectivity index (χ0n) is 14.0. The molecule has 0 fully saturated rings. The molecule has 1 heterocycles. The highest BCUT2D eigenvalue weighted by Gasteiger charge is 2.34. The highest BCUT2D eigenvalue weighted by molar-refractivity contribution is 7.85. The maximum atomic E-state index is 12.1. The third-order valence-electron chi connectivity index (χ3n) is 3.44. The summed E-state index contributed by atoms with van der Waals surface area (Å²) in [5.41, 5.74) is 0.847. The van der Waals surface area contributed by atoms with Crippen molar-refractivity contribution in [2.24, 2.45) is 0 Å². The lowest BCUT2D eigenvalue weighted by Crippen LogP contribution is -2.33. The Morgan fingerprint density at radius 2 is 1.44 bits per heavy atom. The third-order valence-corrected chi connectivity index (χ3v) is 4.03. The number of benzene rings is 1. The summed E-state index contributed by atoms with van der Waals surface area (Å²) in [5.74, 6) is -0.599. The molecule has 0 atom stereocenters. The van der Waals surface area contributed by atoms with Gasteiger partial charge in [0.2, 0.25) is 0 Å². The van der Waals surface area contributed by atoms with Crippen LogP contribution in [0.2, 0.25) is 0 Å². The predicted octanol–water partition coefficient (Wildman–Crippen LogP) is 0.682. The number of carbonyl (C=O) groups is 2. The Morgan fingerprint density at radius 3 is 2.00 bits per heavy atom. The van der Waals surface area contributed by atoms with Gasteiger partial charge in [-0.2, -0.15) is 8.42 Å². The fraction of sp³-hybridized carbons (Fsp3) is 0.500. The van der Waals surface area contributed by atoms with Crippen molar-refractivity contribution in [2.75, 3.05) is 45.8 Å². The Bertz CT molecular complexity index is 682. The Labute approximate surface area is 146 Å². The lowest BCUT2D eigenvalue weighted by Gasteiger charge is -2.13. The van der Waals surface area contributed by atoms with E-state index in [2.05, 4.69) is 4.18 Å². The first kappa shape index (κ1) is 19.5. The van der Waals surface area contributed by atoms with E-state index < -0.39 is 10.1 Å². The van der Waals surface area contributed by atoms with Gasteiger partial charge in [-0.1, -0.05) is 12.1 Å². The smallest absolute Gasteiger partial charge is 0.264 e. The van der Waals surface area contributed by atoms with E-state index in [4.69, 9.17) is 9.47 Å². The van der Waals surface area contributed by atoms with Crippen molar-refractivity contribution in [1.82, 2.24) is 4.90 Å². The van der Waals surface area contributed by atoms with Crippen LogP contribution in [0.1, 0.15) is 27.1 Å². The molecule has 0 spiro atoms. The molecule has 0 aromatic heterocycles. The quantitative estimate of drug-likeness (QED) is 0.320. The number of rotatable bonds is 11. The molecule has 9 heteroatoms. The predicted molar refractivity (Wildman–Crippen MR) is 88.9 cm³/mol. The zero-order chi connectivity index (χ0) is 18.3. The molecule has 1 aromatic carbocycles. The van der Waals surface area contributed by atoms with Crippen molar-refractivity contribution >= 4 is 21.9 Å². The van der Waals surface area contributed by atoms with Crippen LogP contribution < -0.4 is 0 Å². The summed E-state index contributed by atoms with van der Waals surface area (Å²) < 4.78 is 36.7. The standard InChI is InChI=1S/C16H21NO7S/c1-25(20,21)24-9-4-8-22-11-12-23-10-7-17-15(18)13-5-2-3-6-14(13)16(17)19/h2-3,5-6H,4,7-12H2,1H3. The minimum absolute atomic E-state index is 0.0828. The van der Waals surface area contributed by atoms with Crippen molar-refractivity contribution < 1.29 is 31.7 Å². The maximum Gasteiger partial charge on any atom is 0.264 e. The number of nitrogens with zero attached hydrogens (tertiary/aromatic N) is 1. The van der Waals surface area contributed by atoms with Crippen LogP contribution in [0.4, 0.5) is 0 Å². The van der Waals surface area contributed by atoms with Gasteiger partial charge in [0.1, 0.15) is 0 Å². The van der Waals surface area contributed by atoms with Crippen molar-refractivity contribution in [1.29, 1.82) is 0 Å². The molecule has 138 valence electrons. The van der Waals surface area contributed by atoms with E-state index in [1.807, 2.05) is 0 Å². The summed E-state index contributed by atoms with van der Waals surface area (Å²) in [6.45, 7) is 1.51. The van der Waals surface area contributed by atoms with Gasteiger partial charge in [-0.05, 0) is 18.6 Å². The molecule has 1 aliphatic rings. The monoisotopic (exact) mass is 371 g/mol.